The molecule has 2 amide bonds. The third kappa shape index (κ3) is 4.00. The van der Waals surface area contributed by atoms with Gasteiger partial charge in [0, 0.05) is 30.8 Å². The number of likely N-dealkylation sites (tertiary alicyclic amines) is 1. The molecule has 1 aliphatic rings. The number of nitrogens with one attached hydrogen (secondary N) is 1. The maximum Gasteiger partial charge on any atom is 0.317 e. The Balaban J connectivity index is 1.92. The lowest BCUT2D eigenvalue weighted by Crippen LogP contribution is -2.51. The minimum Gasteiger partial charge on any atom is -0.396 e. The van der Waals surface area contributed by atoms with Crippen molar-refractivity contribution in [1.29, 1.82) is 0 Å². The van der Waals surface area contributed by atoms with Crippen LogP contribution in [0.25, 0.3) is 0 Å². The van der Waals surface area contributed by atoms with Crippen molar-refractivity contribution in [3.8, 4) is 0 Å². The third-order valence-corrected chi connectivity index (χ3v) is 4.41. The van der Waals surface area contributed by atoms with Gasteiger partial charge in [-0.05, 0) is 52.9 Å². The highest BCUT2D eigenvalue weighted by Crippen LogP contribution is 2.20. The summed E-state index contributed by atoms with van der Waals surface area (Å²) in [6, 6.07) is 0.142. The highest BCUT2D eigenvalue weighted by molar-refractivity contribution is 5.75. The molecule has 0 aliphatic carbocycles. The van der Waals surface area contributed by atoms with E-state index in [0.29, 0.717) is 12.8 Å². The molecule has 2 N–H and O–H groups in total. The SMILES string of the molecule is Cc1noc(C)c1CC(C)NC(=O)N1CCCCC1CCO. The van der Waals surface area contributed by atoms with Crippen molar-refractivity contribution >= 4 is 6.03 Å². The Morgan fingerprint density at radius 2 is 2.27 bits per heavy atom. The van der Waals surface area contributed by atoms with Gasteiger partial charge in [0.15, 0.2) is 0 Å². The second-order valence-corrected chi connectivity index (χ2v) is 6.21. The summed E-state index contributed by atoms with van der Waals surface area (Å²) in [4.78, 5) is 14.4. The first-order valence-corrected chi connectivity index (χ1v) is 8.12. The average Bonchev–Trinajstić information content (AvgIpc) is 2.80. The van der Waals surface area contributed by atoms with Crippen LogP contribution in [-0.2, 0) is 6.42 Å². The van der Waals surface area contributed by atoms with Gasteiger partial charge in [-0.3, -0.25) is 0 Å². The number of hydrogen-bond donors (Lipinski definition) is 2. The lowest BCUT2D eigenvalue weighted by atomic mass is 10.00. The Morgan fingerprint density at radius 3 is 2.91 bits per heavy atom. The largest absolute Gasteiger partial charge is 0.396 e. The fraction of sp³-hybridized carbons (Fsp3) is 0.750. The summed E-state index contributed by atoms with van der Waals surface area (Å²) in [5.41, 5.74) is 1.95. The van der Waals surface area contributed by atoms with Gasteiger partial charge in [-0.1, -0.05) is 5.16 Å². The van der Waals surface area contributed by atoms with Crippen LogP contribution >= 0.6 is 0 Å². The number of amides is 2. The van der Waals surface area contributed by atoms with Crippen LogP contribution in [-0.4, -0.2) is 46.4 Å². The second-order valence-electron chi connectivity index (χ2n) is 6.21. The van der Waals surface area contributed by atoms with E-state index in [1.807, 2.05) is 25.7 Å². The summed E-state index contributed by atoms with van der Waals surface area (Å²) < 4.78 is 5.17. The Labute approximate surface area is 131 Å². The van der Waals surface area contributed by atoms with E-state index in [4.69, 9.17) is 9.63 Å². The van der Waals surface area contributed by atoms with Crippen LogP contribution in [0.2, 0.25) is 0 Å². The quantitative estimate of drug-likeness (QED) is 0.873. The second kappa shape index (κ2) is 7.63. The Bertz CT molecular complexity index is 479. The molecular weight excluding hydrogens is 282 g/mol. The van der Waals surface area contributed by atoms with Crippen LogP contribution in [0.4, 0.5) is 4.79 Å². The maximum absolute atomic E-state index is 12.5. The first-order valence-electron chi connectivity index (χ1n) is 8.12. The molecule has 2 rings (SSSR count). The minimum absolute atomic E-state index is 0.0148. The summed E-state index contributed by atoms with van der Waals surface area (Å²) in [6.07, 6.45) is 4.51. The van der Waals surface area contributed by atoms with Crippen LogP contribution in [0.1, 0.15) is 49.6 Å². The van der Waals surface area contributed by atoms with Gasteiger partial charge >= 0.3 is 6.03 Å². The van der Waals surface area contributed by atoms with Crippen molar-refractivity contribution in [1.82, 2.24) is 15.4 Å². The summed E-state index contributed by atoms with van der Waals surface area (Å²) in [5, 5.41) is 16.2. The number of hydrogen-bond acceptors (Lipinski definition) is 4. The van der Waals surface area contributed by atoms with Gasteiger partial charge in [0.05, 0.1) is 5.69 Å². The predicted molar refractivity (Wildman–Crippen MR) is 83.7 cm³/mol. The van der Waals surface area contributed by atoms with Crippen LogP contribution in [0.15, 0.2) is 4.52 Å². The van der Waals surface area contributed by atoms with Gasteiger partial charge < -0.3 is 19.8 Å². The number of carbonyl (C=O) groups is 1. The summed E-state index contributed by atoms with van der Waals surface area (Å²) in [6.45, 7) is 6.71. The third-order valence-electron chi connectivity index (χ3n) is 4.41. The lowest BCUT2D eigenvalue weighted by molar-refractivity contribution is 0.130. The number of piperidine rings is 1. The number of aliphatic hydroxyl groups is 1. The Morgan fingerprint density at radius 1 is 1.50 bits per heavy atom. The minimum atomic E-state index is -0.0302. The van der Waals surface area contributed by atoms with Gasteiger partial charge in [-0.2, -0.15) is 0 Å². The van der Waals surface area contributed by atoms with Crippen LogP contribution < -0.4 is 5.32 Å². The van der Waals surface area contributed by atoms with Crippen LogP contribution in [0.5, 0.6) is 0 Å². The highest BCUT2D eigenvalue weighted by atomic mass is 16.5. The maximum atomic E-state index is 12.5. The van der Waals surface area contributed by atoms with Gasteiger partial charge in [-0.15, -0.1) is 0 Å². The molecule has 2 heterocycles. The molecule has 22 heavy (non-hydrogen) atoms. The molecule has 0 bridgehead atoms. The average molecular weight is 309 g/mol. The topological polar surface area (TPSA) is 78.6 Å². The smallest absolute Gasteiger partial charge is 0.317 e. The zero-order valence-corrected chi connectivity index (χ0v) is 13.8. The van der Waals surface area contributed by atoms with E-state index in [1.54, 1.807) is 0 Å². The molecule has 6 heteroatoms. The molecule has 1 aromatic rings. The van der Waals surface area contributed by atoms with Gasteiger partial charge in [0.1, 0.15) is 5.76 Å². The number of nitrogens with zero attached hydrogens (tertiary/aromatic N) is 2. The number of aromatic nitrogens is 1. The molecule has 0 saturated carbocycles. The Kier molecular flexibility index (Phi) is 5.83. The lowest BCUT2D eigenvalue weighted by Gasteiger charge is -2.36. The molecule has 1 aliphatic heterocycles. The molecule has 124 valence electrons. The zero-order valence-electron chi connectivity index (χ0n) is 13.8. The fourth-order valence-corrected chi connectivity index (χ4v) is 3.16. The number of carbonyl (C=O) groups excluding carboxylic acids is 1. The standard InChI is InChI=1S/C16H27N3O3/c1-11(10-15-12(2)18-22-13(15)3)17-16(21)19-8-5-4-6-14(19)7-9-20/h11,14,20H,4-10H2,1-3H3,(H,17,21). The molecule has 2 atom stereocenters. The van der Waals surface area contributed by atoms with Crippen molar-refractivity contribution in [2.45, 2.75) is 65.0 Å². The molecule has 2 unspecified atom stereocenters. The number of urea groups is 1. The molecule has 0 radical (unpaired) electrons. The van der Waals surface area contributed by atoms with Crippen molar-refractivity contribution < 1.29 is 14.4 Å². The molecule has 1 fully saturated rings. The van der Waals surface area contributed by atoms with E-state index < -0.39 is 0 Å². The number of aryl methyl sites for hydroxylation is 2. The highest BCUT2D eigenvalue weighted by Gasteiger charge is 2.27. The van der Waals surface area contributed by atoms with Crippen molar-refractivity contribution in [2.75, 3.05) is 13.2 Å². The first-order chi connectivity index (χ1) is 10.5. The summed E-state index contributed by atoms with van der Waals surface area (Å²) in [5.74, 6) is 0.815. The number of aliphatic hydroxyl groups excluding tert-OH is 1. The molecular formula is C16H27N3O3. The van der Waals surface area contributed by atoms with E-state index in [1.165, 1.54) is 0 Å². The normalized spacial score (nSPS) is 20.0. The predicted octanol–water partition coefficient (Wildman–Crippen LogP) is 2.17. The first kappa shape index (κ1) is 16.8. The molecule has 0 aromatic carbocycles. The van der Waals surface area contributed by atoms with E-state index in [0.717, 1.165) is 42.8 Å². The van der Waals surface area contributed by atoms with Crippen molar-refractivity contribution in [3.05, 3.63) is 17.0 Å². The fourth-order valence-electron chi connectivity index (χ4n) is 3.16. The van der Waals surface area contributed by atoms with Gasteiger partial charge in [0.2, 0.25) is 0 Å². The Hall–Kier alpha value is -1.56. The summed E-state index contributed by atoms with van der Waals surface area (Å²) in [7, 11) is 0. The molecule has 1 saturated heterocycles. The monoisotopic (exact) mass is 309 g/mol. The van der Waals surface area contributed by atoms with E-state index >= 15 is 0 Å². The van der Waals surface area contributed by atoms with Crippen molar-refractivity contribution in [2.24, 2.45) is 0 Å². The van der Waals surface area contributed by atoms with E-state index in [2.05, 4.69) is 10.5 Å². The molecule has 1 aromatic heterocycles. The van der Waals surface area contributed by atoms with Crippen LogP contribution in [0, 0.1) is 13.8 Å². The number of rotatable bonds is 5. The van der Waals surface area contributed by atoms with E-state index in [-0.39, 0.29) is 24.7 Å². The van der Waals surface area contributed by atoms with Crippen molar-refractivity contribution in [3.63, 3.8) is 0 Å². The van der Waals surface area contributed by atoms with Crippen LogP contribution in [0.3, 0.4) is 0 Å². The summed E-state index contributed by atoms with van der Waals surface area (Å²) >= 11 is 0. The molecule has 6 nitrogen and oxygen atoms in total. The van der Waals surface area contributed by atoms with Gasteiger partial charge in [-0.25, -0.2) is 4.79 Å². The van der Waals surface area contributed by atoms with Gasteiger partial charge in [0.25, 0.3) is 0 Å². The molecule has 0 spiro atoms. The van der Waals surface area contributed by atoms with E-state index in [9.17, 15) is 4.79 Å². The zero-order chi connectivity index (χ0) is 16.1.